The second-order valence-electron chi connectivity index (χ2n) is 4.25. The van der Waals surface area contributed by atoms with Crippen molar-refractivity contribution in [1.29, 1.82) is 0 Å². The van der Waals surface area contributed by atoms with Gasteiger partial charge in [0, 0.05) is 4.91 Å². The highest BCUT2D eigenvalue weighted by Crippen LogP contribution is 2.04. The minimum absolute atomic E-state index is 0.112. The summed E-state index contributed by atoms with van der Waals surface area (Å²) >= 11 is 0. The Morgan fingerprint density at radius 3 is 2.42 bits per heavy atom. The van der Waals surface area contributed by atoms with E-state index in [1.165, 1.54) is 0 Å². The van der Waals surface area contributed by atoms with Crippen LogP contribution in [0.2, 0.25) is 0 Å². The van der Waals surface area contributed by atoms with Gasteiger partial charge >= 0.3 is 5.97 Å². The van der Waals surface area contributed by atoms with E-state index in [9.17, 15) is 14.4 Å². The fourth-order valence-corrected chi connectivity index (χ4v) is 1.27. The Labute approximate surface area is 110 Å². The molecule has 106 valence electrons. The lowest BCUT2D eigenvalue weighted by Crippen LogP contribution is -2.46. The van der Waals surface area contributed by atoms with Crippen molar-refractivity contribution in [2.45, 2.75) is 26.3 Å². The van der Waals surface area contributed by atoms with E-state index in [1.807, 2.05) is 13.8 Å². The SMILES string of the molecule is CC(C)CC(NC(=O)CNC(=O)CN=[N+]=[N-])C(=O)O. The molecule has 0 bridgehead atoms. The first-order valence-electron chi connectivity index (χ1n) is 5.66. The maximum atomic E-state index is 11.4. The molecule has 0 fully saturated rings. The molecular weight excluding hydrogens is 254 g/mol. The quantitative estimate of drug-likeness (QED) is 0.325. The molecule has 3 N–H and O–H groups in total. The molecule has 1 unspecified atom stereocenters. The second kappa shape index (κ2) is 8.76. The van der Waals surface area contributed by atoms with E-state index in [2.05, 4.69) is 20.7 Å². The third-order valence-corrected chi connectivity index (χ3v) is 2.06. The third kappa shape index (κ3) is 8.44. The summed E-state index contributed by atoms with van der Waals surface area (Å²) in [4.78, 5) is 35.7. The summed E-state index contributed by atoms with van der Waals surface area (Å²) in [6.45, 7) is 2.91. The standard InChI is InChI=1S/C10H17N5O4/c1-6(2)3-7(10(18)19)14-9(17)4-12-8(16)5-13-15-11/h6-7H,3-5H2,1-2H3,(H,12,16)(H,14,17)(H,18,19). The third-order valence-electron chi connectivity index (χ3n) is 2.06. The number of nitrogens with one attached hydrogen (secondary N) is 2. The zero-order chi connectivity index (χ0) is 14.8. The van der Waals surface area contributed by atoms with Crippen molar-refractivity contribution in [2.24, 2.45) is 11.0 Å². The highest BCUT2D eigenvalue weighted by Gasteiger charge is 2.20. The number of azide groups is 1. The van der Waals surface area contributed by atoms with Crippen molar-refractivity contribution in [3.05, 3.63) is 10.4 Å². The molecule has 19 heavy (non-hydrogen) atoms. The van der Waals surface area contributed by atoms with Crippen LogP contribution in [0.25, 0.3) is 10.4 Å². The molecule has 0 aromatic carbocycles. The van der Waals surface area contributed by atoms with E-state index >= 15 is 0 Å². The van der Waals surface area contributed by atoms with Crippen molar-refractivity contribution >= 4 is 17.8 Å². The number of amides is 2. The van der Waals surface area contributed by atoms with Crippen LogP contribution in [0, 0.1) is 5.92 Å². The van der Waals surface area contributed by atoms with Crippen LogP contribution in [0.15, 0.2) is 5.11 Å². The van der Waals surface area contributed by atoms with Gasteiger partial charge < -0.3 is 15.7 Å². The van der Waals surface area contributed by atoms with Gasteiger partial charge in [-0.15, -0.1) is 0 Å². The Bertz CT molecular complexity index is 389. The molecule has 0 saturated carbocycles. The van der Waals surface area contributed by atoms with E-state index in [1.54, 1.807) is 0 Å². The summed E-state index contributed by atoms with van der Waals surface area (Å²) in [5.41, 5.74) is 7.99. The van der Waals surface area contributed by atoms with Gasteiger partial charge in [0.05, 0.1) is 6.54 Å². The topological polar surface area (TPSA) is 144 Å². The highest BCUT2D eigenvalue weighted by atomic mass is 16.4. The minimum Gasteiger partial charge on any atom is -0.480 e. The Morgan fingerprint density at radius 2 is 1.95 bits per heavy atom. The van der Waals surface area contributed by atoms with E-state index in [-0.39, 0.29) is 12.5 Å². The zero-order valence-corrected chi connectivity index (χ0v) is 10.8. The molecule has 0 aromatic heterocycles. The lowest BCUT2D eigenvalue weighted by molar-refractivity contribution is -0.142. The van der Waals surface area contributed by atoms with Crippen LogP contribution in [0.3, 0.4) is 0 Å². The molecule has 0 aromatic rings. The number of carbonyl (C=O) groups is 3. The van der Waals surface area contributed by atoms with Gasteiger partial charge in [-0.2, -0.15) is 0 Å². The first-order chi connectivity index (χ1) is 8.86. The molecule has 1 atom stereocenters. The van der Waals surface area contributed by atoms with Crippen LogP contribution in [-0.4, -0.2) is 42.0 Å². The molecular formula is C10H17N5O4. The molecule has 0 radical (unpaired) electrons. The average molecular weight is 271 g/mol. The predicted octanol–water partition coefficient (Wildman–Crippen LogP) is 0.0284. The monoisotopic (exact) mass is 271 g/mol. The summed E-state index contributed by atoms with van der Waals surface area (Å²) in [7, 11) is 0. The van der Waals surface area contributed by atoms with Gasteiger partial charge in [0.25, 0.3) is 0 Å². The highest BCUT2D eigenvalue weighted by molar-refractivity contribution is 5.88. The van der Waals surface area contributed by atoms with Gasteiger partial charge in [0.2, 0.25) is 11.8 Å². The van der Waals surface area contributed by atoms with Crippen LogP contribution < -0.4 is 10.6 Å². The van der Waals surface area contributed by atoms with Crippen molar-refractivity contribution in [3.8, 4) is 0 Å². The van der Waals surface area contributed by atoms with Gasteiger partial charge in [-0.05, 0) is 17.9 Å². The lowest BCUT2D eigenvalue weighted by atomic mass is 10.0. The molecule has 0 saturated heterocycles. The van der Waals surface area contributed by atoms with Crippen LogP contribution in [-0.2, 0) is 14.4 Å². The first-order valence-corrected chi connectivity index (χ1v) is 5.66. The maximum Gasteiger partial charge on any atom is 0.326 e. The largest absolute Gasteiger partial charge is 0.480 e. The summed E-state index contributed by atoms with van der Waals surface area (Å²) < 4.78 is 0. The second-order valence-corrected chi connectivity index (χ2v) is 4.25. The van der Waals surface area contributed by atoms with Crippen molar-refractivity contribution in [1.82, 2.24) is 10.6 Å². The lowest BCUT2D eigenvalue weighted by Gasteiger charge is -2.16. The molecule has 0 aliphatic carbocycles. The van der Waals surface area contributed by atoms with Gasteiger partial charge in [-0.3, -0.25) is 9.59 Å². The summed E-state index contributed by atoms with van der Waals surface area (Å²) in [5.74, 6) is -2.23. The number of carboxylic acid groups (broad SMARTS) is 1. The van der Waals surface area contributed by atoms with E-state index in [0.717, 1.165) is 0 Å². The molecule has 0 aliphatic rings. The van der Waals surface area contributed by atoms with E-state index < -0.39 is 30.4 Å². The normalized spacial score (nSPS) is 11.3. The van der Waals surface area contributed by atoms with Crippen molar-refractivity contribution in [3.63, 3.8) is 0 Å². The average Bonchev–Trinajstić information content (AvgIpc) is 2.32. The Morgan fingerprint density at radius 1 is 1.32 bits per heavy atom. The smallest absolute Gasteiger partial charge is 0.326 e. The number of hydrogen-bond donors (Lipinski definition) is 3. The van der Waals surface area contributed by atoms with Gasteiger partial charge in [-0.25, -0.2) is 4.79 Å². The number of carboxylic acids is 1. The van der Waals surface area contributed by atoms with Gasteiger partial charge in [0.1, 0.15) is 12.6 Å². The summed E-state index contributed by atoms with van der Waals surface area (Å²) in [5, 5.41) is 16.4. The first kappa shape index (κ1) is 16.7. The Hall–Kier alpha value is -2.28. The van der Waals surface area contributed by atoms with E-state index in [0.29, 0.717) is 6.42 Å². The van der Waals surface area contributed by atoms with E-state index in [4.69, 9.17) is 10.6 Å². The van der Waals surface area contributed by atoms with Crippen LogP contribution in [0.5, 0.6) is 0 Å². The van der Waals surface area contributed by atoms with Crippen LogP contribution in [0.1, 0.15) is 20.3 Å². The molecule has 2 amide bonds. The fourth-order valence-electron chi connectivity index (χ4n) is 1.27. The Balaban J connectivity index is 4.16. The molecule has 9 heteroatoms. The number of carbonyl (C=O) groups excluding carboxylic acids is 2. The molecule has 0 heterocycles. The molecule has 0 spiro atoms. The number of rotatable bonds is 8. The van der Waals surface area contributed by atoms with Crippen molar-refractivity contribution in [2.75, 3.05) is 13.1 Å². The number of nitrogens with zero attached hydrogens (tertiary/aromatic N) is 3. The predicted molar refractivity (Wildman–Crippen MR) is 66.0 cm³/mol. The molecule has 0 rings (SSSR count). The molecule has 9 nitrogen and oxygen atoms in total. The van der Waals surface area contributed by atoms with Crippen LogP contribution in [0.4, 0.5) is 0 Å². The molecule has 0 aliphatic heterocycles. The van der Waals surface area contributed by atoms with Gasteiger partial charge in [0.15, 0.2) is 0 Å². The summed E-state index contributed by atoms with van der Waals surface area (Å²) in [6, 6.07) is -0.985. The van der Waals surface area contributed by atoms with Gasteiger partial charge in [-0.1, -0.05) is 19.0 Å². The number of aliphatic carboxylic acids is 1. The zero-order valence-electron chi connectivity index (χ0n) is 10.8. The Kier molecular flexibility index (Phi) is 7.71. The van der Waals surface area contributed by atoms with Crippen LogP contribution >= 0.6 is 0 Å². The maximum absolute atomic E-state index is 11.4. The summed E-state index contributed by atoms with van der Waals surface area (Å²) in [6.07, 6.45) is 0.299. The fraction of sp³-hybridized carbons (Fsp3) is 0.700. The number of hydrogen-bond acceptors (Lipinski definition) is 4. The van der Waals surface area contributed by atoms with Crippen molar-refractivity contribution < 1.29 is 19.5 Å². The minimum atomic E-state index is -1.12.